The Morgan fingerprint density at radius 3 is 2.56 bits per heavy atom. The SMILES string of the molecule is CCNC(=NCC(=O)NC(C)(C)C)NC1CCN(c2ccc(Br)cc2)C1.I. The Bertz CT molecular complexity index is 630. The molecule has 8 heteroatoms. The molecular formula is C19H31BrIN5O. The minimum atomic E-state index is -0.241. The van der Waals surface area contributed by atoms with E-state index in [1.165, 1.54) is 5.69 Å². The minimum Gasteiger partial charge on any atom is -0.369 e. The topological polar surface area (TPSA) is 68.8 Å². The standard InChI is InChI=1S/C19H30BrN5O.HI/c1-5-21-18(22-12-17(26)24-19(2,3)4)23-15-10-11-25(13-15)16-8-6-14(20)7-9-16;/h6-9,15H,5,10-13H2,1-4H3,(H,24,26)(H2,21,22,23);1H. The van der Waals surface area contributed by atoms with Crippen LogP contribution >= 0.6 is 39.9 Å². The van der Waals surface area contributed by atoms with Crippen LogP contribution in [0.25, 0.3) is 0 Å². The highest BCUT2D eigenvalue weighted by Gasteiger charge is 2.23. The molecule has 27 heavy (non-hydrogen) atoms. The fourth-order valence-electron chi connectivity index (χ4n) is 2.89. The lowest BCUT2D eigenvalue weighted by atomic mass is 10.1. The monoisotopic (exact) mass is 551 g/mol. The fraction of sp³-hybridized carbons (Fsp3) is 0.579. The molecule has 0 radical (unpaired) electrons. The molecule has 1 fully saturated rings. The lowest BCUT2D eigenvalue weighted by molar-refractivity contribution is -0.121. The van der Waals surface area contributed by atoms with Crippen LogP contribution in [0, 0.1) is 0 Å². The van der Waals surface area contributed by atoms with Gasteiger partial charge in [-0.2, -0.15) is 0 Å². The second-order valence-electron chi connectivity index (χ2n) is 7.55. The van der Waals surface area contributed by atoms with Gasteiger partial charge in [0.2, 0.25) is 5.91 Å². The van der Waals surface area contributed by atoms with Gasteiger partial charge in [0.05, 0.1) is 0 Å². The second-order valence-corrected chi connectivity index (χ2v) is 8.46. The van der Waals surface area contributed by atoms with E-state index < -0.39 is 0 Å². The summed E-state index contributed by atoms with van der Waals surface area (Å²) < 4.78 is 1.09. The molecule has 1 aliphatic rings. The number of aliphatic imine (C=N–C) groups is 1. The van der Waals surface area contributed by atoms with E-state index in [-0.39, 0.29) is 42.0 Å². The van der Waals surface area contributed by atoms with E-state index in [9.17, 15) is 4.79 Å². The summed E-state index contributed by atoms with van der Waals surface area (Å²) in [5.41, 5.74) is 0.985. The molecule has 0 saturated carbocycles. The van der Waals surface area contributed by atoms with Crippen LogP contribution in [0.5, 0.6) is 0 Å². The van der Waals surface area contributed by atoms with Crippen molar-refractivity contribution >= 4 is 57.5 Å². The van der Waals surface area contributed by atoms with Crippen LogP contribution in [-0.4, -0.2) is 49.6 Å². The first-order valence-electron chi connectivity index (χ1n) is 9.13. The second kappa shape index (κ2) is 11.1. The number of hydrogen-bond acceptors (Lipinski definition) is 3. The maximum atomic E-state index is 12.0. The van der Waals surface area contributed by atoms with Gasteiger partial charge in [-0.25, -0.2) is 4.99 Å². The normalized spacial score (nSPS) is 17.3. The van der Waals surface area contributed by atoms with Crippen molar-refractivity contribution in [3.05, 3.63) is 28.7 Å². The summed E-state index contributed by atoms with van der Waals surface area (Å²) in [6.45, 7) is 10.7. The summed E-state index contributed by atoms with van der Waals surface area (Å²) in [5, 5.41) is 9.61. The number of halogens is 2. The van der Waals surface area contributed by atoms with Gasteiger partial charge in [0, 0.05) is 41.4 Å². The largest absolute Gasteiger partial charge is 0.369 e. The Hall–Kier alpha value is -1.03. The third-order valence-corrected chi connectivity index (χ3v) is 4.49. The predicted octanol–water partition coefficient (Wildman–Crippen LogP) is 3.12. The first-order valence-corrected chi connectivity index (χ1v) is 9.92. The van der Waals surface area contributed by atoms with E-state index in [0.717, 1.165) is 30.5 Å². The van der Waals surface area contributed by atoms with Crippen LogP contribution in [-0.2, 0) is 4.79 Å². The molecule has 1 amide bonds. The highest BCUT2D eigenvalue weighted by Crippen LogP contribution is 2.22. The zero-order valence-electron chi connectivity index (χ0n) is 16.5. The third kappa shape index (κ3) is 8.68. The van der Waals surface area contributed by atoms with E-state index in [1.807, 2.05) is 27.7 Å². The van der Waals surface area contributed by atoms with Crippen LogP contribution in [0.2, 0.25) is 0 Å². The van der Waals surface area contributed by atoms with Crippen molar-refractivity contribution in [1.29, 1.82) is 0 Å². The van der Waals surface area contributed by atoms with Crippen molar-refractivity contribution < 1.29 is 4.79 Å². The van der Waals surface area contributed by atoms with Crippen LogP contribution in [0.4, 0.5) is 5.69 Å². The van der Waals surface area contributed by atoms with Gasteiger partial charge in [-0.15, -0.1) is 24.0 Å². The average molecular weight is 552 g/mol. The van der Waals surface area contributed by atoms with Gasteiger partial charge in [0.15, 0.2) is 5.96 Å². The summed E-state index contributed by atoms with van der Waals surface area (Å²) in [7, 11) is 0. The van der Waals surface area contributed by atoms with E-state index in [0.29, 0.717) is 12.0 Å². The lowest BCUT2D eigenvalue weighted by Gasteiger charge is -2.21. The van der Waals surface area contributed by atoms with Crippen molar-refractivity contribution in [2.24, 2.45) is 4.99 Å². The average Bonchev–Trinajstić information content (AvgIpc) is 3.00. The van der Waals surface area contributed by atoms with Gasteiger partial charge in [0.1, 0.15) is 6.54 Å². The van der Waals surface area contributed by atoms with Gasteiger partial charge in [-0.3, -0.25) is 4.79 Å². The molecular weight excluding hydrogens is 521 g/mol. The molecule has 6 nitrogen and oxygen atoms in total. The molecule has 1 atom stereocenters. The van der Waals surface area contributed by atoms with Crippen molar-refractivity contribution in [1.82, 2.24) is 16.0 Å². The number of hydrogen-bond donors (Lipinski definition) is 3. The van der Waals surface area contributed by atoms with Crippen LogP contribution in [0.3, 0.4) is 0 Å². The Morgan fingerprint density at radius 1 is 1.30 bits per heavy atom. The quantitative estimate of drug-likeness (QED) is 0.299. The molecule has 0 aromatic heterocycles. The smallest absolute Gasteiger partial charge is 0.242 e. The van der Waals surface area contributed by atoms with Crippen LogP contribution in [0.1, 0.15) is 34.1 Å². The molecule has 0 aliphatic carbocycles. The van der Waals surface area contributed by atoms with E-state index in [2.05, 4.69) is 66.0 Å². The maximum Gasteiger partial charge on any atom is 0.242 e. The van der Waals surface area contributed by atoms with E-state index in [4.69, 9.17) is 0 Å². The van der Waals surface area contributed by atoms with Crippen molar-refractivity contribution in [2.75, 3.05) is 31.1 Å². The number of nitrogens with one attached hydrogen (secondary N) is 3. The molecule has 3 N–H and O–H groups in total. The summed E-state index contributed by atoms with van der Waals surface area (Å²) in [6.07, 6.45) is 1.04. The molecule has 0 bridgehead atoms. The first kappa shape index (κ1) is 24.0. The van der Waals surface area contributed by atoms with Gasteiger partial charge in [-0.05, 0) is 58.4 Å². The van der Waals surface area contributed by atoms with Gasteiger partial charge >= 0.3 is 0 Å². The molecule has 1 saturated heterocycles. The van der Waals surface area contributed by atoms with Crippen LogP contribution < -0.4 is 20.9 Å². The highest BCUT2D eigenvalue weighted by atomic mass is 127. The van der Waals surface area contributed by atoms with Gasteiger partial charge in [-0.1, -0.05) is 15.9 Å². The number of rotatable bonds is 5. The van der Waals surface area contributed by atoms with Gasteiger partial charge < -0.3 is 20.9 Å². The number of benzene rings is 1. The molecule has 1 aromatic carbocycles. The Balaban J connectivity index is 0.00000364. The summed E-state index contributed by atoms with van der Waals surface area (Å²) in [6, 6.07) is 8.69. The van der Waals surface area contributed by atoms with Gasteiger partial charge in [0.25, 0.3) is 0 Å². The third-order valence-electron chi connectivity index (χ3n) is 3.96. The zero-order chi connectivity index (χ0) is 19.2. The lowest BCUT2D eigenvalue weighted by Crippen LogP contribution is -2.46. The molecule has 152 valence electrons. The Kier molecular flexibility index (Phi) is 9.86. The number of anilines is 1. The Labute approximate surface area is 188 Å². The molecule has 1 aromatic rings. The predicted molar refractivity (Wildman–Crippen MR) is 127 cm³/mol. The number of carbonyl (C=O) groups excluding carboxylic acids is 1. The van der Waals surface area contributed by atoms with Crippen molar-refractivity contribution in [3.8, 4) is 0 Å². The first-order chi connectivity index (χ1) is 12.3. The molecule has 1 heterocycles. The highest BCUT2D eigenvalue weighted by molar-refractivity contribution is 14.0. The molecule has 1 unspecified atom stereocenters. The fourth-order valence-corrected chi connectivity index (χ4v) is 3.15. The minimum absolute atomic E-state index is 0. The summed E-state index contributed by atoms with van der Waals surface area (Å²) in [4.78, 5) is 18.8. The van der Waals surface area contributed by atoms with E-state index >= 15 is 0 Å². The molecule has 1 aliphatic heterocycles. The van der Waals surface area contributed by atoms with Crippen molar-refractivity contribution in [3.63, 3.8) is 0 Å². The number of guanidine groups is 1. The molecule has 0 spiro atoms. The summed E-state index contributed by atoms with van der Waals surface area (Å²) in [5.74, 6) is 0.622. The number of amides is 1. The van der Waals surface area contributed by atoms with Crippen molar-refractivity contribution in [2.45, 2.75) is 45.7 Å². The summed E-state index contributed by atoms with van der Waals surface area (Å²) >= 11 is 3.48. The van der Waals surface area contributed by atoms with E-state index in [1.54, 1.807) is 0 Å². The Morgan fingerprint density at radius 2 is 1.96 bits per heavy atom. The maximum absolute atomic E-state index is 12.0. The number of carbonyl (C=O) groups is 1. The van der Waals surface area contributed by atoms with Crippen LogP contribution in [0.15, 0.2) is 33.7 Å². The number of nitrogens with zero attached hydrogens (tertiary/aromatic N) is 2. The zero-order valence-corrected chi connectivity index (χ0v) is 20.4. The molecule has 2 rings (SSSR count).